The van der Waals surface area contributed by atoms with Gasteiger partial charge in [0.2, 0.25) is 0 Å². The van der Waals surface area contributed by atoms with E-state index in [1.54, 1.807) is 0 Å². The Kier molecular flexibility index (Phi) is 2.48. The molecule has 1 aromatic heterocycles. The second-order valence-electron chi connectivity index (χ2n) is 4.09. The molecule has 1 heterocycles. The van der Waals surface area contributed by atoms with Crippen molar-refractivity contribution in [1.82, 2.24) is 9.55 Å². The molecular weight excluding hydrogens is 276 g/mol. The Morgan fingerprint density at radius 1 is 1.12 bits per heavy atom. The van der Waals surface area contributed by atoms with Crippen LogP contribution in [0, 0.1) is 6.92 Å². The van der Waals surface area contributed by atoms with E-state index in [9.17, 15) is 0 Å². The zero-order valence-corrected chi connectivity index (χ0v) is 11.0. The van der Waals surface area contributed by atoms with Crippen LogP contribution < -0.4 is 0 Å². The number of nitrogens with zero attached hydrogens (tertiary/aromatic N) is 2. The Morgan fingerprint density at radius 2 is 2.00 bits per heavy atom. The maximum Gasteiger partial charge on any atom is 0.100 e. The van der Waals surface area contributed by atoms with Gasteiger partial charge in [0.15, 0.2) is 0 Å². The third-order valence-electron chi connectivity index (χ3n) is 2.79. The summed E-state index contributed by atoms with van der Waals surface area (Å²) < 4.78 is 3.16. The number of halogens is 1. The van der Waals surface area contributed by atoms with Crippen LogP contribution in [0.15, 0.2) is 53.3 Å². The Hall–Kier alpha value is -1.61. The van der Waals surface area contributed by atoms with E-state index in [0.717, 1.165) is 21.2 Å². The lowest BCUT2D eigenvalue weighted by molar-refractivity contribution is 1.09. The van der Waals surface area contributed by atoms with Crippen molar-refractivity contribution >= 4 is 27.0 Å². The fourth-order valence-corrected chi connectivity index (χ4v) is 2.32. The Balaban J connectivity index is 2.24. The Labute approximate surface area is 108 Å². The quantitative estimate of drug-likeness (QED) is 0.659. The van der Waals surface area contributed by atoms with E-state index in [1.165, 1.54) is 5.56 Å². The second kappa shape index (κ2) is 4.00. The van der Waals surface area contributed by atoms with Crippen LogP contribution >= 0.6 is 15.9 Å². The molecule has 0 bridgehead atoms. The summed E-state index contributed by atoms with van der Waals surface area (Å²) in [7, 11) is 0. The molecule has 3 aromatic rings. The van der Waals surface area contributed by atoms with Gasteiger partial charge >= 0.3 is 0 Å². The van der Waals surface area contributed by atoms with Crippen LogP contribution in [0.4, 0.5) is 0 Å². The largest absolute Gasteiger partial charge is 0.299 e. The summed E-state index contributed by atoms with van der Waals surface area (Å²) in [5.41, 5.74) is 4.52. The molecule has 0 aliphatic rings. The van der Waals surface area contributed by atoms with E-state index in [4.69, 9.17) is 0 Å². The number of benzene rings is 2. The van der Waals surface area contributed by atoms with Crippen molar-refractivity contribution in [1.29, 1.82) is 0 Å². The standard InChI is InChI=1S/C14H11BrN2/c1-10-3-2-4-12(7-10)17-9-16-13-8-11(15)5-6-14(13)17/h2-9H,1H3. The molecule has 2 aromatic carbocycles. The molecule has 84 valence electrons. The third-order valence-corrected chi connectivity index (χ3v) is 3.28. The summed E-state index contributed by atoms with van der Waals surface area (Å²) in [5, 5.41) is 0. The van der Waals surface area contributed by atoms with E-state index < -0.39 is 0 Å². The highest BCUT2D eigenvalue weighted by atomic mass is 79.9. The number of hydrogen-bond donors (Lipinski definition) is 0. The molecule has 0 N–H and O–H groups in total. The zero-order chi connectivity index (χ0) is 11.8. The first kappa shape index (κ1) is 10.5. The number of imidazole rings is 1. The number of fused-ring (bicyclic) bond motifs is 1. The normalized spacial score (nSPS) is 10.9. The molecule has 0 aliphatic heterocycles. The van der Waals surface area contributed by atoms with Crippen molar-refractivity contribution in [2.24, 2.45) is 0 Å². The lowest BCUT2D eigenvalue weighted by Crippen LogP contribution is -1.91. The summed E-state index contributed by atoms with van der Waals surface area (Å²) in [6, 6.07) is 14.6. The van der Waals surface area contributed by atoms with Gasteiger partial charge in [0.25, 0.3) is 0 Å². The zero-order valence-electron chi connectivity index (χ0n) is 9.39. The van der Waals surface area contributed by atoms with Crippen molar-refractivity contribution < 1.29 is 0 Å². The maximum atomic E-state index is 4.42. The fraction of sp³-hybridized carbons (Fsp3) is 0.0714. The molecule has 3 heteroatoms. The van der Waals surface area contributed by atoms with Crippen molar-refractivity contribution in [3.05, 3.63) is 58.8 Å². The summed E-state index contributed by atoms with van der Waals surface area (Å²) >= 11 is 3.46. The summed E-state index contributed by atoms with van der Waals surface area (Å²) in [5.74, 6) is 0. The van der Waals surface area contributed by atoms with Crippen LogP contribution in [-0.4, -0.2) is 9.55 Å². The molecule has 0 saturated heterocycles. The van der Waals surface area contributed by atoms with Gasteiger partial charge in [0.1, 0.15) is 6.33 Å². The lowest BCUT2D eigenvalue weighted by atomic mass is 10.2. The predicted molar refractivity (Wildman–Crippen MR) is 73.5 cm³/mol. The van der Waals surface area contributed by atoms with Crippen molar-refractivity contribution in [2.45, 2.75) is 6.92 Å². The number of aryl methyl sites for hydroxylation is 1. The molecule has 0 radical (unpaired) electrons. The summed E-state index contributed by atoms with van der Waals surface area (Å²) in [4.78, 5) is 4.42. The smallest absolute Gasteiger partial charge is 0.100 e. The minimum Gasteiger partial charge on any atom is -0.299 e. The molecule has 0 unspecified atom stereocenters. The van der Waals surface area contributed by atoms with E-state index in [1.807, 2.05) is 18.5 Å². The van der Waals surface area contributed by atoms with Crippen LogP contribution in [0.2, 0.25) is 0 Å². The van der Waals surface area contributed by atoms with Gasteiger partial charge in [-0.1, -0.05) is 28.1 Å². The van der Waals surface area contributed by atoms with Gasteiger partial charge in [-0.2, -0.15) is 0 Å². The maximum absolute atomic E-state index is 4.42. The molecule has 0 spiro atoms. The van der Waals surface area contributed by atoms with E-state index in [-0.39, 0.29) is 0 Å². The third kappa shape index (κ3) is 1.87. The van der Waals surface area contributed by atoms with Gasteiger partial charge < -0.3 is 0 Å². The van der Waals surface area contributed by atoms with Gasteiger partial charge in [-0.05, 0) is 42.8 Å². The highest BCUT2D eigenvalue weighted by molar-refractivity contribution is 9.10. The van der Waals surface area contributed by atoms with E-state index in [2.05, 4.69) is 62.7 Å². The second-order valence-corrected chi connectivity index (χ2v) is 5.00. The first-order valence-corrected chi connectivity index (χ1v) is 6.23. The van der Waals surface area contributed by atoms with Crippen LogP contribution in [0.3, 0.4) is 0 Å². The first-order chi connectivity index (χ1) is 8.24. The van der Waals surface area contributed by atoms with Crippen LogP contribution in [0.1, 0.15) is 5.56 Å². The van der Waals surface area contributed by atoms with Crippen molar-refractivity contribution in [3.8, 4) is 5.69 Å². The molecule has 2 nitrogen and oxygen atoms in total. The molecule has 0 saturated carbocycles. The van der Waals surface area contributed by atoms with Gasteiger partial charge in [-0.3, -0.25) is 4.57 Å². The fourth-order valence-electron chi connectivity index (χ4n) is 1.97. The highest BCUT2D eigenvalue weighted by Crippen LogP contribution is 2.22. The van der Waals surface area contributed by atoms with Gasteiger partial charge in [-0.15, -0.1) is 0 Å². The average molecular weight is 287 g/mol. The monoisotopic (exact) mass is 286 g/mol. The first-order valence-electron chi connectivity index (χ1n) is 5.44. The topological polar surface area (TPSA) is 17.8 Å². The molecule has 17 heavy (non-hydrogen) atoms. The molecule has 0 atom stereocenters. The SMILES string of the molecule is Cc1cccc(-n2cnc3cc(Br)ccc32)c1. The van der Waals surface area contributed by atoms with E-state index >= 15 is 0 Å². The minimum absolute atomic E-state index is 1.00. The van der Waals surface area contributed by atoms with Crippen molar-refractivity contribution in [2.75, 3.05) is 0 Å². The van der Waals surface area contributed by atoms with Crippen molar-refractivity contribution in [3.63, 3.8) is 0 Å². The van der Waals surface area contributed by atoms with Gasteiger partial charge in [0, 0.05) is 10.2 Å². The van der Waals surface area contributed by atoms with E-state index in [0.29, 0.717) is 0 Å². The number of hydrogen-bond acceptors (Lipinski definition) is 1. The van der Waals surface area contributed by atoms with Crippen LogP contribution in [0.5, 0.6) is 0 Å². The summed E-state index contributed by atoms with van der Waals surface area (Å²) in [6.07, 6.45) is 1.87. The molecule has 0 amide bonds. The Bertz CT molecular complexity index is 686. The highest BCUT2D eigenvalue weighted by Gasteiger charge is 2.04. The number of aromatic nitrogens is 2. The predicted octanol–water partition coefficient (Wildman–Crippen LogP) is 4.10. The van der Waals surface area contributed by atoms with Gasteiger partial charge in [0.05, 0.1) is 11.0 Å². The minimum atomic E-state index is 1.00. The Morgan fingerprint density at radius 3 is 2.82 bits per heavy atom. The average Bonchev–Trinajstić information content (AvgIpc) is 2.71. The summed E-state index contributed by atoms with van der Waals surface area (Å²) in [6.45, 7) is 2.10. The molecular formula is C14H11BrN2. The lowest BCUT2D eigenvalue weighted by Gasteiger charge is -2.05. The van der Waals surface area contributed by atoms with Crippen LogP contribution in [0.25, 0.3) is 16.7 Å². The van der Waals surface area contributed by atoms with Crippen LogP contribution in [-0.2, 0) is 0 Å². The van der Waals surface area contributed by atoms with Gasteiger partial charge in [-0.25, -0.2) is 4.98 Å². The number of rotatable bonds is 1. The molecule has 0 aliphatic carbocycles. The molecule has 3 rings (SSSR count). The molecule has 0 fully saturated rings.